The Kier molecular flexibility index (Phi) is 5.68. The second-order valence-corrected chi connectivity index (χ2v) is 7.42. The second-order valence-electron chi connectivity index (χ2n) is 5.45. The number of hydrogen-bond acceptors (Lipinski definition) is 8. The highest BCUT2D eigenvalue weighted by molar-refractivity contribution is 7.87. The molecule has 0 aliphatic carbocycles. The lowest BCUT2D eigenvalue weighted by atomic mass is 10.4. The highest BCUT2D eigenvalue weighted by Gasteiger charge is 2.19. The summed E-state index contributed by atoms with van der Waals surface area (Å²) in [5, 5.41) is 0. The molecule has 1 aromatic rings. The number of nitrogens with one attached hydrogen (secondary N) is 1. The molecule has 2 rings (SSSR count). The van der Waals surface area contributed by atoms with Gasteiger partial charge in [-0.15, -0.1) is 0 Å². The molecule has 1 aromatic heterocycles. The average Bonchev–Trinajstić information content (AvgIpc) is 2.53. The van der Waals surface area contributed by atoms with Gasteiger partial charge < -0.3 is 14.5 Å². The minimum absolute atomic E-state index is 0.00120. The maximum atomic E-state index is 11.8. The van der Waals surface area contributed by atoms with Crippen LogP contribution in [0, 0.1) is 0 Å². The molecule has 0 radical (unpaired) electrons. The Morgan fingerprint density at radius 2 is 1.78 bits per heavy atom. The summed E-state index contributed by atoms with van der Waals surface area (Å²) in [6, 6.07) is 0. The minimum atomic E-state index is -3.53. The van der Waals surface area contributed by atoms with Crippen LogP contribution in [-0.2, 0) is 21.5 Å². The molecule has 10 nitrogen and oxygen atoms in total. The Balaban J connectivity index is 2.22. The van der Waals surface area contributed by atoms with Gasteiger partial charge in [0.15, 0.2) is 5.82 Å². The van der Waals surface area contributed by atoms with E-state index >= 15 is 0 Å². The topological polar surface area (TPSA) is 104 Å². The molecule has 0 unspecified atom stereocenters. The lowest BCUT2D eigenvalue weighted by molar-refractivity contribution is 0.122. The van der Waals surface area contributed by atoms with Gasteiger partial charge in [0.25, 0.3) is 10.2 Å². The zero-order valence-corrected chi connectivity index (χ0v) is 14.7. The van der Waals surface area contributed by atoms with Crippen LogP contribution in [0.5, 0.6) is 0 Å². The largest absolute Gasteiger partial charge is 0.378 e. The van der Waals surface area contributed by atoms with Crippen molar-refractivity contribution in [2.45, 2.75) is 6.54 Å². The first-order valence-corrected chi connectivity index (χ1v) is 8.65. The number of ether oxygens (including phenoxy) is 1. The predicted octanol–water partition coefficient (Wildman–Crippen LogP) is -1.33. The third-order valence-corrected chi connectivity index (χ3v) is 4.72. The third kappa shape index (κ3) is 4.70. The summed E-state index contributed by atoms with van der Waals surface area (Å²) in [5.41, 5.74) is 0. The Bertz CT molecular complexity index is 630. The molecule has 0 bridgehead atoms. The van der Waals surface area contributed by atoms with Crippen LogP contribution in [0.1, 0.15) is 5.82 Å². The fourth-order valence-electron chi connectivity index (χ4n) is 1.86. The van der Waals surface area contributed by atoms with Crippen LogP contribution in [0.15, 0.2) is 0 Å². The molecule has 0 atom stereocenters. The number of aromatic nitrogens is 3. The van der Waals surface area contributed by atoms with Gasteiger partial charge in [-0.3, -0.25) is 0 Å². The van der Waals surface area contributed by atoms with Crippen molar-refractivity contribution in [3.63, 3.8) is 0 Å². The molecule has 1 saturated heterocycles. The highest BCUT2D eigenvalue weighted by Crippen LogP contribution is 2.14. The summed E-state index contributed by atoms with van der Waals surface area (Å²) in [6.07, 6.45) is 0. The SMILES string of the molecule is CN(C)c1nc(CNS(=O)(=O)N(C)C)nc(N2CCOCC2)n1. The van der Waals surface area contributed by atoms with Crippen LogP contribution < -0.4 is 14.5 Å². The highest BCUT2D eigenvalue weighted by atomic mass is 32.2. The molecule has 130 valence electrons. The van der Waals surface area contributed by atoms with Gasteiger partial charge in [0.2, 0.25) is 11.9 Å². The Labute approximate surface area is 136 Å². The monoisotopic (exact) mass is 345 g/mol. The fraction of sp³-hybridized carbons (Fsp3) is 0.750. The summed E-state index contributed by atoms with van der Waals surface area (Å²) in [5.74, 6) is 1.39. The van der Waals surface area contributed by atoms with Gasteiger partial charge in [-0.2, -0.15) is 32.4 Å². The van der Waals surface area contributed by atoms with Crippen LogP contribution in [0.4, 0.5) is 11.9 Å². The van der Waals surface area contributed by atoms with Crippen LogP contribution >= 0.6 is 0 Å². The van der Waals surface area contributed by atoms with Crippen molar-refractivity contribution in [3.05, 3.63) is 5.82 Å². The molecule has 23 heavy (non-hydrogen) atoms. The molecule has 1 aliphatic rings. The first-order valence-electron chi connectivity index (χ1n) is 7.21. The van der Waals surface area contributed by atoms with E-state index in [2.05, 4.69) is 19.7 Å². The molecule has 2 heterocycles. The summed E-state index contributed by atoms with van der Waals surface area (Å²) >= 11 is 0. The second kappa shape index (κ2) is 7.34. The van der Waals surface area contributed by atoms with Gasteiger partial charge in [0, 0.05) is 41.3 Å². The molecule has 11 heteroatoms. The van der Waals surface area contributed by atoms with Crippen LogP contribution in [0.3, 0.4) is 0 Å². The van der Waals surface area contributed by atoms with Gasteiger partial charge in [0.1, 0.15) is 0 Å². The van der Waals surface area contributed by atoms with Gasteiger partial charge >= 0.3 is 0 Å². The number of anilines is 2. The molecular formula is C12H23N7O3S. The van der Waals surface area contributed by atoms with Crippen molar-refractivity contribution >= 4 is 22.1 Å². The number of nitrogens with zero attached hydrogens (tertiary/aromatic N) is 6. The third-order valence-electron chi connectivity index (χ3n) is 3.25. The van der Waals surface area contributed by atoms with Crippen LogP contribution in [0.25, 0.3) is 0 Å². The zero-order valence-electron chi connectivity index (χ0n) is 13.9. The summed E-state index contributed by atoms with van der Waals surface area (Å²) in [6.45, 7) is 2.62. The predicted molar refractivity (Wildman–Crippen MR) is 86.6 cm³/mol. The van der Waals surface area contributed by atoms with E-state index in [0.717, 1.165) is 4.31 Å². The molecule has 0 spiro atoms. The van der Waals surface area contributed by atoms with Crippen molar-refractivity contribution in [1.29, 1.82) is 0 Å². The molecule has 1 fully saturated rings. The minimum Gasteiger partial charge on any atom is -0.378 e. The van der Waals surface area contributed by atoms with Crippen molar-refractivity contribution in [2.24, 2.45) is 0 Å². The van der Waals surface area contributed by atoms with Gasteiger partial charge in [-0.25, -0.2) is 0 Å². The molecule has 1 N–H and O–H groups in total. The van der Waals surface area contributed by atoms with E-state index < -0.39 is 10.2 Å². The molecule has 0 amide bonds. The van der Waals surface area contributed by atoms with Gasteiger partial charge in [-0.05, 0) is 0 Å². The van der Waals surface area contributed by atoms with E-state index in [1.165, 1.54) is 14.1 Å². The first kappa shape index (κ1) is 17.8. The van der Waals surface area contributed by atoms with E-state index in [-0.39, 0.29) is 6.54 Å². The smallest absolute Gasteiger partial charge is 0.279 e. The standard InChI is InChI=1S/C12H23N7O3S/c1-17(2)11-14-10(9-13-23(20,21)18(3)4)15-12(16-11)19-5-7-22-8-6-19/h13H,5-9H2,1-4H3. The van der Waals surface area contributed by atoms with Gasteiger partial charge in [-0.1, -0.05) is 0 Å². The summed E-state index contributed by atoms with van der Waals surface area (Å²) in [4.78, 5) is 16.9. The summed E-state index contributed by atoms with van der Waals surface area (Å²) in [7, 11) is 3.04. The Hall–Kier alpha value is -1.56. The lowest BCUT2D eigenvalue weighted by Gasteiger charge is -2.27. The quantitative estimate of drug-likeness (QED) is 0.676. The van der Waals surface area contributed by atoms with E-state index in [4.69, 9.17) is 4.74 Å². The maximum Gasteiger partial charge on any atom is 0.279 e. The number of rotatable bonds is 6. The van der Waals surface area contributed by atoms with Crippen molar-refractivity contribution in [2.75, 3.05) is 64.3 Å². The molecule has 0 aromatic carbocycles. The van der Waals surface area contributed by atoms with E-state index in [1.807, 2.05) is 19.0 Å². The molecule has 1 aliphatic heterocycles. The lowest BCUT2D eigenvalue weighted by Crippen LogP contribution is -2.38. The first-order chi connectivity index (χ1) is 10.8. The van der Waals surface area contributed by atoms with E-state index in [1.54, 1.807) is 4.90 Å². The normalized spacial score (nSPS) is 16.0. The Morgan fingerprint density at radius 1 is 1.13 bits per heavy atom. The van der Waals surface area contributed by atoms with E-state index in [0.29, 0.717) is 44.0 Å². The number of morpholine rings is 1. The fourth-order valence-corrected chi connectivity index (χ4v) is 2.43. The molecular weight excluding hydrogens is 322 g/mol. The van der Waals surface area contributed by atoms with Crippen molar-refractivity contribution in [3.8, 4) is 0 Å². The summed E-state index contributed by atoms with van der Waals surface area (Å²) < 4.78 is 32.5. The number of hydrogen-bond donors (Lipinski definition) is 1. The van der Waals surface area contributed by atoms with Crippen LogP contribution in [-0.4, -0.2) is 82.2 Å². The van der Waals surface area contributed by atoms with Crippen molar-refractivity contribution in [1.82, 2.24) is 24.0 Å². The Morgan fingerprint density at radius 3 is 2.35 bits per heavy atom. The maximum absolute atomic E-state index is 11.8. The van der Waals surface area contributed by atoms with E-state index in [9.17, 15) is 8.42 Å². The van der Waals surface area contributed by atoms with Crippen LogP contribution in [0.2, 0.25) is 0 Å². The zero-order chi connectivity index (χ0) is 17.0. The average molecular weight is 345 g/mol. The van der Waals surface area contributed by atoms with Crippen molar-refractivity contribution < 1.29 is 13.2 Å². The van der Waals surface area contributed by atoms with Gasteiger partial charge in [0.05, 0.1) is 19.8 Å². The molecule has 0 saturated carbocycles.